The molecule has 0 aliphatic carbocycles. The number of benzene rings is 2. The SMILES string of the molecule is O=C(Cn1cnc2ccccc2c1=O)N1CC(c2nc(-c3cccc(Cl)c3)no2)C1. The van der Waals surface area contributed by atoms with Gasteiger partial charge in [-0.3, -0.25) is 14.2 Å². The molecule has 1 aliphatic rings. The fraction of sp³-hybridized carbons (Fsp3) is 0.190. The number of fused-ring (bicyclic) bond motifs is 1. The van der Waals surface area contributed by atoms with Gasteiger partial charge in [-0.1, -0.05) is 41.0 Å². The molecule has 1 saturated heterocycles. The molecule has 3 heterocycles. The third-order valence-corrected chi connectivity index (χ3v) is 5.38. The Balaban J connectivity index is 1.25. The van der Waals surface area contributed by atoms with Crippen LogP contribution >= 0.6 is 11.6 Å². The second kappa shape index (κ2) is 7.38. The van der Waals surface area contributed by atoms with Crippen LogP contribution in [0.2, 0.25) is 5.02 Å². The highest BCUT2D eigenvalue weighted by Gasteiger charge is 2.35. The zero-order chi connectivity index (χ0) is 20.7. The number of carbonyl (C=O) groups excluding carboxylic acids is 1. The largest absolute Gasteiger partial charge is 0.339 e. The van der Waals surface area contributed by atoms with Gasteiger partial charge in [0.25, 0.3) is 5.56 Å². The maximum absolute atomic E-state index is 12.6. The maximum Gasteiger partial charge on any atom is 0.261 e. The monoisotopic (exact) mass is 421 g/mol. The van der Waals surface area contributed by atoms with E-state index in [0.717, 1.165) is 5.56 Å². The molecular weight excluding hydrogens is 406 g/mol. The quantitative estimate of drug-likeness (QED) is 0.503. The Labute approximate surface area is 175 Å². The second-order valence-corrected chi connectivity index (χ2v) is 7.59. The number of hydrogen-bond donors (Lipinski definition) is 0. The summed E-state index contributed by atoms with van der Waals surface area (Å²) in [6.45, 7) is 0.874. The van der Waals surface area contributed by atoms with E-state index < -0.39 is 0 Å². The Kier molecular flexibility index (Phi) is 4.55. The summed E-state index contributed by atoms with van der Waals surface area (Å²) in [6, 6.07) is 14.3. The Morgan fingerprint density at radius 2 is 2.00 bits per heavy atom. The van der Waals surface area contributed by atoms with E-state index in [1.54, 1.807) is 35.2 Å². The highest BCUT2D eigenvalue weighted by Crippen LogP contribution is 2.28. The van der Waals surface area contributed by atoms with Crippen molar-refractivity contribution in [3.63, 3.8) is 0 Å². The third kappa shape index (κ3) is 3.35. The highest BCUT2D eigenvalue weighted by atomic mass is 35.5. The summed E-state index contributed by atoms with van der Waals surface area (Å²) in [5, 5.41) is 5.10. The molecular formula is C21H16ClN5O3. The molecule has 5 rings (SSSR count). The summed E-state index contributed by atoms with van der Waals surface area (Å²) >= 11 is 6.01. The van der Waals surface area contributed by atoms with Crippen molar-refractivity contribution in [3.05, 3.63) is 76.1 Å². The van der Waals surface area contributed by atoms with E-state index in [4.69, 9.17) is 16.1 Å². The molecule has 2 aromatic heterocycles. The van der Waals surface area contributed by atoms with Crippen LogP contribution in [0.25, 0.3) is 22.3 Å². The molecule has 0 saturated carbocycles. The van der Waals surface area contributed by atoms with Crippen LogP contribution in [0.15, 0.2) is 64.2 Å². The minimum Gasteiger partial charge on any atom is -0.339 e. The van der Waals surface area contributed by atoms with Crippen LogP contribution in [0.4, 0.5) is 0 Å². The lowest BCUT2D eigenvalue weighted by Crippen LogP contribution is -2.50. The first-order valence-corrected chi connectivity index (χ1v) is 9.78. The Bertz CT molecular complexity index is 1310. The normalized spacial score (nSPS) is 14.1. The second-order valence-electron chi connectivity index (χ2n) is 7.16. The molecule has 0 bridgehead atoms. The molecule has 1 amide bonds. The first-order chi connectivity index (χ1) is 14.6. The van der Waals surface area contributed by atoms with Gasteiger partial charge in [0.15, 0.2) is 0 Å². The van der Waals surface area contributed by atoms with Gasteiger partial charge in [-0.25, -0.2) is 4.98 Å². The Morgan fingerprint density at radius 1 is 1.17 bits per heavy atom. The van der Waals surface area contributed by atoms with Crippen LogP contribution in [0.3, 0.4) is 0 Å². The van der Waals surface area contributed by atoms with Crippen molar-refractivity contribution in [2.45, 2.75) is 12.5 Å². The van der Waals surface area contributed by atoms with Crippen LogP contribution < -0.4 is 5.56 Å². The van der Waals surface area contributed by atoms with Crippen molar-refractivity contribution in [3.8, 4) is 11.4 Å². The molecule has 30 heavy (non-hydrogen) atoms. The Hall–Kier alpha value is -3.52. The lowest BCUT2D eigenvalue weighted by atomic mass is 10.00. The molecule has 4 aromatic rings. The van der Waals surface area contributed by atoms with Crippen molar-refractivity contribution in [1.29, 1.82) is 0 Å². The fourth-order valence-electron chi connectivity index (χ4n) is 3.45. The molecule has 8 nitrogen and oxygen atoms in total. The lowest BCUT2D eigenvalue weighted by Gasteiger charge is -2.37. The van der Waals surface area contributed by atoms with Gasteiger partial charge in [0.05, 0.1) is 23.1 Å². The molecule has 0 atom stereocenters. The van der Waals surface area contributed by atoms with Crippen LogP contribution in [-0.2, 0) is 11.3 Å². The number of halogens is 1. The minimum absolute atomic E-state index is 0.0270. The van der Waals surface area contributed by atoms with E-state index in [1.807, 2.05) is 18.2 Å². The third-order valence-electron chi connectivity index (χ3n) is 5.15. The van der Waals surface area contributed by atoms with Gasteiger partial charge in [-0.05, 0) is 24.3 Å². The van der Waals surface area contributed by atoms with Gasteiger partial charge in [0.2, 0.25) is 17.6 Å². The molecule has 1 fully saturated rings. The molecule has 1 aliphatic heterocycles. The summed E-state index contributed by atoms with van der Waals surface area (Å²) in [6.07, 6.45) is 1.41. The molecule has 0 N–H and O–H groups in total. The summed E-state index contributed by atoms with van der Waals surface area (Å²) in [5.74, 6) is 0.769. The number of aromatic nitrogens is 4. The van der Waals surface area contributed by atoms with Crippen molar-refractivity contribution >= 4 is 28.4 Å². The number of likely N-dealkylation sites (tertiary alicyclic amines) is 1. The van der Waals surface area contributed by atoms with Crippen molar-refractivity contribution in [2.75, 3.05) is 13.1 Å². The van der Waals surface area contributed by atoms with Gasteiger partial charge >= 0.3 is 0 Å². The van der Waals surface area contributed by atoms with Crippen LogP contribution in [-0.4, -0.2) is 43.6 Å². The van der Waals surface area contributed by atoms with E-state index in [1.165, 1.54) is 10.9 Å². The molecule has 150 valence electrons. The summed E-state index contributed by atoms with van der Waals surface area (Å²) < 4.78 is 6.70. The predicted octanol–water partition coefficient (Wildman–Crippen LogP) is 2.73. The molecule has 0 spiro atoms. The van der Waals surface area contributed by atoms with E-state index in [2.05, 4.69) is 15.1 Å². The smallest absolute Gasteiger partial charge is 0.261 e. The minimum atomic E-state index is -0.228. The van der Waals surface area contributed by atoms with Crippen LogP contribution in [0.5, 0.6) is 0 Å². The van der Waals surface area contributed by atoms with Gasteiger partial charge in [-0.2, -0.15) is 4.98 Å². The highest BCUT2D eigenvalue weighted by molar-refractivity contribution is 6.30. The molecule has 9 heteroatoms. The topological polar surface area (TPSA) is 94.1 Å². The number of nitrogens with zero attached hydrogens (tertiary/aromatic N) is 5. The number of para-hydroxylation sites is 1. The standard InChI is InChI=1S/C21H16ClN5O3/c22-15-5-3-4-13(8-15)19-24-20(30-25-19)14-9-26(10-14)18(28)11-27-12-23-17-7-2-1-6-16(17)21(27)29/h1-8,12,14H,9-11H2. The predicted molar refractivity (Wildman–Crippen MR) is 110 cm³/mol. The number of carbonyl (C=O) groups is 1. The first-order valence-electron chi connectivity index (χ1n) is 9.40. The Morgan fingerprint density at radius 3 is 2.83 bits per heavy atom. The summed E-state index contributed by atoms with van der Waals surface area (Å²) in [4.78, 5) is 35.5. The van der Waals surface area contributed by atoms with Gasteiger partial charge in [0.1, 0.15) is 6.54 Å². The fourth-order valence-corrected chi connectivity index (χ4v) is 3.64. The number of rotatable bonds is 4. The van der Waals surface area contributed by atoms with E-state index in [0.29, 0.717) is 40.7 Å². The van der Waals surface area contributed by atoms with Crippen molar-refractivity contribution in [2.24, 2.45) is 0 Å². The average Bonchev–Trinajstić information content (AvgIpc) is 3.19. The van der Waals surface area contributed by atoms with E-state index in [-0.39, 0.29) is 23.9 Å². The van der Waals surface area contributed by atoms with E-state index >= 15 is 0 Å². The number of amides is 1. The molecule has 0 unspecified atom stereocenters. The van der Waals surface area contributed by atoms with Crippen LogP contribution in [0.1, 0.15) is 11.8 Å². The van der Waals surface area contributed by atoms with Crippen molar-refractivity contribution in [1.82, 2.24) is 24.6 Å². The summed E-state index contributed by atoms with van der Waals surface area (Å²) in [7, 11) is 0. The van der Waals surface area contributed by atoms with E-state index in [9.17, 15) is 9.59 Å². The summed E-state index contributed by atoms with van der Waals surface area (Å²) in [5.41, 5.74) is 1.16. The molecule has 2 aromatic carbocycles. The lowest BCUT2D eigenvalue weighted by molar-refractivity contribution is -0.136. The van der Waals surface area contributed by atoms with Gasteiger partial charge in [-0.15, -0.1) is 0 Å². The zero-order valence-electron chi connectivity index (χ0n) is 15.7. The first kappa shape index (κ1) is 18.5. The average molecular weight is 422 g/mol. The van der Waals surface area contributed by atoms with Gasteiger partial charge in [0, 0.05) is 23.7 Å². The molecule has 0 radical (unpaired) electrons. The van der Waals surface area contributed by atoms with Crippen molar-refractivity contribution < 1.29 is 9.32 Å². The van der Waals surface area contributed by atoms with Crippen LogP contribution in [0, 0.1) is 0 Å². The zero-order valence-corrected chi connectivity index (χ0v) is 16.5. The maximum atomic E-state index is 12.6. The van der Waals surface area contributed by atoms with Gasteiger partial charge < -0.3 is 9.42 Å². The number of hydrogen-bond acceptors (Lipinski definition) is 6.